The van der Waals surface area contributed by atoms with Crippen molar-refractivity contribution in [3.05, 3.63) is 23.8 Å². The maximum Gasteiger partial charge on any atom is 0.181 e. The van der Waals surface area contributed by atoms with Gasteiger partial charge in [-0.2, -0.15) is 5.10 Å². The first-order valence-corrected chi connectivity index (χ1v) is 4.61. The average molecular weight is 190 g/mol. The quantitative estimate of drug-likeness (QED) is 0.695. The predicted molar refractivity (Wildman–Crippen MR) is 49.5 cm³/mol. The van der Waals surface area contributed by atoms with Crippen LogP contribution in [-0.4, -0.2) is 21.7 Å². The molecule has 2 aromatic heterocycles. The number of H-pyrrole nitrogens is 1. The molecule has 0 aromatic carbocycles. The van der Waals surface area contributed by atoms with Crippen molar-refractivity contribution >= 4 is 0 Å². The summed E-state index contributed by atoms with van der Waals surface area (Å²) in [5, 5.41) is 10.6. The molecule has 0 unspecified atom stereocenters. The van der Waals surface area contributed by atoms with Gasteiger partial charge in [0.15, 0.2) is 12.2 Å². The van der Waals surface area contributed by atoms with Gasteiger partial charge in [0.1, 0.15) is 5.69 Å². The van der Waals surface area contributed by atoms with Crippen molar-refractivity contribution in [1.82, 2.24) is 20.5 Å². The van der Waals surface area contributed by atoms with Gasteiger partial charge in [0.2, 0.25) is 0 Å². The number of aromatic nitrogens is 3. The topological polar surface area (TPSA) is 66.7 Å². The Bertz CT molecular complexity index is 432. The van der Waals surface area contributed by atoms with Crippen molar-refractivity contribution in [2.24, 2.45) is 0 Å². The van der Waals surface area contributed by atoms with E-state index < -0.39 is 0 Å². The zero-order valence-electron chi connectivity index (χ0n) is 7.58. The van der Waals surface area contributed by atoms with Gasteiger partial charge < -0.3 is 9.73 Å². The standard InChI is InChI=1S/C9H10N4O/c1-2-10-3-6-7(1)12-13-9(6)8-4-11-5-14-8/h4-5,10H,1-3H2,(H,12,13). The Hall–Kier alpha value is -1.62. The Labute approximate surface area is 80.5 Å². The predicted octanol–water partition coefficient (Wildman–Crippen LogP) is 0.710. The summed E-state index contributed by atoms with van der Waals surface area (Å²) in [6, 6.07) is 0. The summed E-state index contributed by atoms with van der Waals surface area (Å²) in [5.74, 6) is 0.728. The maximum atomic E-state index is 5.22. The smallest absolute Gasteiger partial charge is 0.181 e. The number of hydrogen-bond acceptors (Lipinski definition) is 4. The molecule has 5 heteroatoms. The fourth-order valence-electron chi connectivity index (χ4n) is 1.76. The molecule has 0 atom stereocenters. The van der Waals surface area contributed by atoms with Crippen LogP contribution in [0.3, 0.4) is 0 Å². The van der Waals surface area contributed by atoms with E-state index in [-0.39, 0.29) is 0 Å². The number of rotatable bonds is 1. The Morgan fingerprint density at radius 2 is 2.43 bits per heavy atom. The largest absolute Gasteiger partial charge is 0.442 e. The fraction of sp³-hybridized carbons (Fsp3) is 0.333. The minimum Gasteiger partial charge on any atom is -0.442 e. The molecule has 0 bridgehead atoms. The van der Waals surface area contributed by atoms with E-state index in [9.17, 15) is 0 Å². The first-order chi connectivity index (χ1) is 6.95. The lowest BCUT2D eigenvalue weighted by Gasteiger charge is -2.11. The molecule has 72 valence electrons. The second-order valence-corrected chi connectivity index (χ2v) is 3.32. The van der Waals surface area contributed by atoms with E-state index in [1.807, 2.05) is 0 Å². The van der Waals surface area contributed by atoms with Crippen LogP contribution in [0.5, 0.6) is 0 Å². The molecule has 3 heterocycles. The number of aromatic amines is 1. The van der Waals surface area contributed by atoms with Gasteiger partial charge in [-0.15, -0.1) is 0 Å². The monoisotopic (exact) mass is 190 g/mol. The third-order valence-corrected chi connectivity index (χ3v) is 2.47. The third-order valence-electron chi connectivity index (χ3n) is 2.47. The van der Waals surface area contributed by atoms with Gasteiger partial charge in [-0.3, -0.25) is 5.10 Å². The van der Waals surface area contributed by atoms with Crippen LogP contribution in [0, 0.1) is 0 Å². The summed E-state index contributed by atoms with van der Waals surface area (Å²) < 4.78 is 5.22. The van der Waals surface area contributed by atoms with E-state index in [0.29, 0.717) is 0 Å². The molecule has 2 aromatic rings. The molecule has 14 heavy (non-hydrogen) atoms. The summed E-state index contributed by atoms with van der Waals surface area (Å²) in [6.07, 6.45) is 4.11. The molecule has 1 aliphatic heterocycles. The molecule has 5 nitrogen and oxygen atoms in total. The van der Waals surface area contributed by atoms with Crippen LogP contribution in [0.1, 0.15) is 11.3 Å². The lowest BCUT2D eigenvalue weighted by molar-refractivity contribution is 0.567. The Balaban J connectivity index is 2.11. The molecule has 0 amide bonds. The van der Waals surface area contributed by atoms with E-state index in [2.05, 4.69) is 20.5 Å². The highest BCUT2D eigenvalue weighted by atomic mass is 16.3. The highest BCUT2D eigenvalue weighted by Gasteiger charge is 2.19. The van der Waals surface area contributed by atoms with Crippen LogP contribution in [0.25, 0.3) is 11.5 Å². The molecule has 0 fully saturated rings. The normalized spacial score (nSPS) is 15.4. The first kappa shape index (κ1) is 7.75. The molecule has 0 saturated carbocycles. The van der Waals surface area contributed by atoms with Crippen molar-refractivity contribution in [2.45, 2.75) is 13.0 Å². The molecule has 0 saturated heterocycles. The lowest BCUT2D eigenvalue weighted by atomic mass is 10.1. The molecule has 2 N–H and O–H groups in total. The lowest BCUT2D eigenvalue weighted by Crippen LogP contribution is -2.23. The minimum absolute atomic E-state index is 0.728. The first-order valence-electron chi connectivity index (χ1n) is 4.61. The summed E-state index contributed by atoms with van der Waals surface area (Å²) in [7, 11) is 0. The van der Waals surface area contributed by atoms with Gasteiger partial charge in [0.25, 0.3) is 0 Å². The molecule has 3 rings (SSSR count). The highest BCUT2D eigenvalue weighted by Crippen LogP contribution is 2.24. The van der Waals surface area contributed by atoms with E-state index in [0.717, 1.165) is 31.0 Å². The van der Waals surface area contributed by atoms with E-state index in [1.54, 1.807) is 6.20 Å². The van der Waals surface area contributed by atoms with Gasteiger partial charge >= 0.3 is 0 Å². The van der Waals surface area contributed by atoms with Crippen LogP contribution >= 0.6 is 0 Å². The van der Waals surface area contributed by atoms with Gasteiger partial charge in [0, 0.05) is 30.8 Å². The minimum atomic E-state index is 0.728. The fourth-order valence-corrected chi connectivity index (χ4v) is 1.76. The van der Waals surface area contributed by atoms with Crippen molar-refractivity contribution < 1.29 is 4.42 Å². The molecular formula is C9H10N4O. The Kier molecular flexibility index (Phi) is 1.63. The van der Waals surface area contributed by atoms with E-state index >= 15 is 0 Å². The third kappa shape index (κ3) is 1.06. The van der Waals surface area contributed by atoms with Gasteiger partial charge in [-0.1, -0.05) is 0 Å². The van der Waals surface area contributed by atoms with E-state index in [4.69, 9.17) is 4.42 Å². The maximum absolute atomic E-state index is 5.22. The zero-order chi connectivity index (χ0) is 9.38. The van der Waals surface area contributed by atoms with Gasteiger partial charge in [-0.05, 0) is 0 Å². The second kappa shape index (κ2) is 2.95. The van der Waals surface area contributed by atoms with Crippen LogP contribution in [-0.2, 0) is 13.0 Å². The van der Waals surface area contributed by atoms with Gasteiger partial charge in [-0.25, -0.2) is 4.98 Å². The summed E-state index contributed by atoms with van der Waals surface area (Å²) in [6.45, 7) is 1.85. The van der Waals surface area contributed by atoms with Crippen LogP contribution in [0.15, 0.2) is 17.0 Å². The summed E-state index contributed by atoms with van der Waals surface area (Å²) >= 11 is 0. The SMILES string of the molecule is c1ncc(-c2n[nH]c3c2CNCC3)o1. The number of hydrogen-bond donors (Lipinski definition) is 2. The molecule has 1 aliphatic rings. The van der Waals surface area contributed by atoms with Gasteiger partial charge in [0.05, 0.1) is 6.20 Å². The van der Waals surface area contributed by atoms with Crippen LogP contribution in [0.2, 0.25) is 0 Å². The molecular weight excluding hydrogens is 180 g/mol. The number of nitrogens with one attached hydrogen (secondary N) is 2. The van der Waals surface area contributed by atoms with Crippen molar-refractivity contribution in [2.75, 3.05) is 6.54 Å². The van der Waals surface area contributed by atoms with Crippen LogP contribution in [0.4, 0.5) is 0 Å². The number of oxazole rings is 1. The summed E-state index contributed by atoms with van der Waals surface area (Å²) in [5.41, 5.74) is 3.29. The Morgan fingerprint density at radius 3 is 3.29 bits per heavy atom. The van der Waals surface area contributed by atoms with Crippen molar-refractivity contribution in [3.63, 3.8) is 0 Å². The van der Waals surface area contributed by atoms with Crippen LogP contribution < -0.4 is 5.32 Å². The zero-order valence-corrected chi connectivity index (χ0v) is 7.58. The molecule has 0 spiro atoms. The number of nitrogens with zero attached hydrogens (tertiary/aromatic N) is 2. The molecule has 0 radical (unpaired) electrons. The van der Waals surface area contributed by atoms with Crippen molar-refractivity contribution in [3.8, 4) is 11.5 Å². The second-order valence-electron chi connectivity index (χ2n) is 3.32. The molecule has 0 aliphatic carbocycles. The summed E-state index contributed by atoms with van der Waals surface area (Å²) in [4.78, 5) is 3.89. The number of fused-ring (bicyclic) bond motifs is 1. The average Bonchev–Trinajstić information content (AvgIpc) is 2.85. The Morgan fingerprint density at radius 1 is 1.43 bits per heavy atom. The van der Waals surface area contributed by atoms with E-state index in [1.165, 1.54) is 17.7 Å². The van der Waals surface area contributed by atoms with Crippen molar-refractivity contribution in [1.29, 1.82) is 0 Å². The highest BCUT2D eigenvalue weighted by molar-refractivity contribution is 5.57.